The van der Waals surface area contributed by atoms with Crippen molar-refractivity contribution in [1.82, 2.24) is 25.3 Å². The van der Waals surface area contributed by atoms with E-state index in [4.69, 9.17) is 5.73 Å². The zero-order valence-electron chi connectivity index (χ0n) is 12.2. The summed E-state index contributed by atoms with van der Waals surface area (Å²) in [6, 6.07) is 1.96. The number of aromatic nitrogens is 4. The molecule has 3 aromatic rings. The molecule has 0 aliphatic carbocycles. The van der Waals surface area contributed by atoms with Crippen molar-refractivity contribution in [1.29, 1.82) is 0 Å². The van der Waals surface area contributed by atoms with Crippen LogP contribution in [-0.4, -0.2) is 38.7 Å². The molecule has 1 saturated heterocycles. The van der Waals surface area contributed by atoms with Crippen LogP contribution in [0.25, 0.3) is 22.4 Å². The maximum absolute atomic E-state index is 6.49. The van der Waals surface area contributed by atoms with Gasteiger partial charge in [0.25, 0.3) is 0 Å². The highest BCUT2D eigenvalue weighted by molar-refractivity contribution is 6.01. The summed E-state index contributed by atoms with van der Waals surface area (Å²) >= 11 is 0. The normalized spacial score (nSPS) is 22.0. The minimum Gasteiger partial charge on any atom is -0.366 e. The summed E-state index contributed by atoms with van der Waals surface area (Å²) in [4.78, 5) is 15.1. The van der Waals surface area contributed by atoms with Gasteiger partial charge in [0.05, 0.1) is 11.0 Å². The van der Waals surface area contributed by atoms with Gasteiger partial charge in [-0.05, 0) is 25.5 Å². The number of fused-ring (bicyclic) bond motifs is 1. The maximum atomic E-state index is 6.49. The fraction of sp³-hybridized carbons (Fsp3) is 0.333. The molecule has 22 heavy (non-hydrogen) atoms. The van der Waals surface area contributed by atoms with E-state index >= 15 is 0 Å². The van der Waals surface area contributed by atoms with E-state index in [2.05, 4.69) is 30.6 Å². The lowest BCUT2D eigenvalue weighted by atomic mass is 10.00. The third-order valence-electron chi connectivity index (χ3n) is 4.13. The molecule has 0 spiro atoms. The molecule has 1 aliphatic rings. The SMILES string of the molecule is N[C@@]1(Nc2ccnc3[nH]cc(-c4ncc[nH]4)c23)CCCNC1. The predicted molar refractivity (Wildman–Crippen MR) is 86.3 cm³/mol. The lowest BCUT2D eigenvalue weighted by Crippen LogP contribution is -2.58. The first-order chi connectivity index (χ1) is 10.8. The standard InChI is InChI=1S/C15H19N7/c16-15(3-1-4-17-9-15)22-11-2-5-18-14-12(11)10(8-21-14)13-19-6-7-20-13/h2,5-8,17H,1,3-4,9,16H2,(H,19,20)(H2,18,21,22)/t15-/m1/s1. The Kier molecular flexibility index (Phi) is 3.09. The van der Waals surface area contributed by atoms with E-state index in [-0.39, 0.29) is 0 Å². The van der Waals surface area contributed by atoms with Crippen LogP contribution in [0.5, 0.6) is 0 Å². The second-order valence-electron chi connectivity index (χ2n) is 5.78. The number of hydrogen-bond acceptors (Lipinski definition) is 5. The third kappa shape index (κ3) is 2.24. The molecule has 7 nitrogen and oxygen atoms in total. The van der Waals surface area contributed by atoms with Crippen molar-refractivity contribution in [2.45, 2.75) is 18.5 Å². The number of H-pyrrole nitrogens is 2. The molecule has 0 radical (unpaired) electrons. The average molecular weight is 297 g/mol. The van der Waals surface area contributed by atoms with Gasteiger partial charge in [-0.3, -0.25) is 0 Å². The second kappa shape index (κ2) is 5.11. The number of hydrogen-bond donors (Lipinski definition) is 5. The molecule has 0 unspecified atom stereocenters. The summed E-state index contributed by atoms with van der Waals surface area (Å²) in [6.45, 7) is 1.77. The fourth-order valence-corrected chi connectivity index (χ4v) is 3.06. The highest BCUT2D eigenvalue weighted by Gasteiger charge is 2.28. The topological polar surface area (TPSA) is 107 Å². The smallest absolute Gasteiger partial charge is 0.140 e. The van der Waals surface area contributed by atoms with E-state index in [1.807, 2.05) is 18.5 Å². The van der Waals surface area contributed by atoms with Crippen LogP contribution >= 0.6 is 0 Å². The van der Waals surface area contributed by atoms with Gasteiger partial charge in [0, 0.05) is 42.6 Å². The van der Waals surface area contributed by atoms with Gasteiger partial charge in [0.2, 0.25) is 0 Å². The Morgan fingerprint density at radius 2 is 2.18 bits per heavy atom. The van der Waals surface area contributed by atoms with Gasteiger partial charge in [-0.25, -0.2) is 9.97 Å². The van der Waals surface area contributed by atoms with Gasteiger partial charge < -0.3 is 26.3 Å². The summed E-state index contributed by atoms with van der Waals surface area (Å²) in [5, 5.41) is 7.86. The summed E-state index contributed by atoms with van der Waals surface area (Å²) in [7, 11) is 0. The molecule has 1 atom stereocenters. The summed E-state index contributed by atoms with van der Waals surface area (Å²) in [5.41, 5.74) is 8.84. The first-order valence-corrected chi connectivity index (χ1v) is 7.49. The van der Waals surface area contributed by atoms with Crippen LogP contribution in [0, 0.1) is 0 Å². The number of pyridine rings is 1. The number of aromatic amines is 2. The van der Waals surface area contributed by atoms with Gasteiger partial charge in [0.15, 0.2) is 0 Å². The number of nitrogens with one attached hydrogen (secondary N) is 4. The van der Waals surface area contributed by atoms with Crippen LogP contribution < -0.4 is 16.4 Å². The van der Waals surface area contributed by atoms with Gasteiger partial charge in [0.1, 0.15) is 11.5 Å². The van der Waals surface area contributed by atoms with Gasteiger partial charge >= 0.3 is 0 Å². The Bertz CT molecular complexity index is 768. The van der Waals surface area contributed by atoms with Crippen LogP contribution in [0.4, 0.5) is 5.69 Å². The molecular formula is C15H19N7. The fourth-order valence-electron chi connectivity index (χ4n) is 3.06. The van der Waals surface area contributed by atoms with Gasteiger partial charge in [-0.1, -0.05) is 0 Å². The minimum atomic E-state index is -0.440. The zero-order chi connectivity index (χ0) is 15.0. The van der Waals surface area contributed by atoms with Crippen LogP contribution in [0.3, 0.4) is 0 Å². The van der Waals surface area contributed by atoms with Crippen molar-refractivity contribution >= 4 is 16.7 Å². The highest BCUT2D eigenvalue weighted by Crippen LogP contribution is 2.32. The minimum absolute atomic E-state index is 0.440. The molecule has 7 heteroatoms. The van der Waals surface area contributed by atoms with Gasteiger partial charge in [-0.2, -0.15) is 0 Å². The van der Waals surface area contributed by atoms with E-state index in [0.717, 1.165) is 54.0 Å². The third-order valence-corrected chi connectivity index (χ3v) is 4.13. The molecule has 1 fully saturated rings. The van der Waals surface area contributed by atoms with Crippen LogP contribution in [0.15, 0.2) is 30.9 Å². The molecule has 0 aromatic carbocycles. The van der Waals surface area contributed by atoms with E-state index in [1.165, 1.54) is 0 Å². The Balaban J connectivity index is 1.79. The molecule has 0 amide bonds. The van der Waals surface area contributed by atoms with Crippen molar-refractivity contribution in [3.8, 4) is 11.4 Å². The Morgan fingerprint density at radius 3 is 2.95 bits per heavy atom. The Hall–Kier alpha value is -2.38. The number of anilines is 1. The number of imidazole rings is 1. The molecule has 4 heterocycles. The van der Waals surface area contributed by atoms with Crippen LogP contribution in [0.2, 0.25) is 0 Å². The maximum Gasteiger partial charge on any atom is 0.140 e. The van der Waals surface area contributed by atoms with E-state index in [1.54, 1.807) is 12.4 Å². The summed E-state index contributed by atoms with van der Waals surface area (Å²) in [5.74, 6) is 0.815. The average Bonchev–Trinajstić information content (AvgIpc) is 3.17. The second-order valence-corrected chi connectivity index (χ2v) is 5.78. The monoisotopic (exact) mass is 297 g/mol. The van der Waals surface area contributed by atoms with Crippen molar-refractivity contribution in [3.63, 3.8) is 0 Å². The van der Waals surface area contributed by atoms with E-state index in [9.17, 15) is 0 Å². The molecular weight excluding hydrogens is 278 g/mol. The largest absolute Gasteiger partial charge is 0.366 e. The predicted octanol–water partition coefficient (Wildman–Crippen LogP) is 1.40. The first-order valence-electron chi connectivity index (χ1n) is 7.49. The molecule has 114 valence electrons. The van der Waals surface area contributed by atoms with Crippen LogP contribution in [-0.2, 0) is 0 Å². The number of nitrogens with two attached hydrogens (primary N) is 1. The molecule has 3 aromatic heterocycles. The summed E-state index contributed by atoms with van der Waals surface area (Å²) < 4.78 is 0. The van der Waals surface area contributed by atoms with Crippen molar-refractivity contribution in [2.24, 2.45) is 5.73 Å². The zero-order valence-corrected chi connectivity index (χ0v) is 12.2. The quantitative estimate of drug-likeness (QED) is 0.470. The highest BCUT2D eigenvalue weighted by atomic mass is 15.2. The van der Waals surface area contributed by atoms with Crippen LogP contribution in [0.1, 0.15) is 12.8 Å². The number of nitrogens with zero attached hydrogens (tertiary/aromatic N) is 2. The summed E-state index contributed by atoms with van der Waals surface area (Å²) in [6.07, 6.45) is 9.26. The van der Waals surface area contributed by atoms with Gasteiger partial charge in [-0.15, -0.1) is 0 Å². The first kappa shape index (κ1) is 13.3. The number of rotatable bonds is 3. The molecule has 1 aliphatic heterocycles. The van der Waals surface area contributed by atoms with E-state index in [0.29, 0.717) is 0 Å². The van der Waals surface area contributed by atoms with Crippen molar-refractivity contribution in [3.05, 3.63) is 30.9 Å². The lowest BCUT2D eigenvalue weighted by Gasteiger charge is -2.35. The van der Waals surface area contributed by atoms with E-state index < -0.39 is 5.66 Å². The molecule has 0 saturated carbocycles. The van der Waals surface area contributed by atoms with Crippen molar-refractivity contribution < 1.29 is 0 Å². The van der Waals surface area contributed by atoms with Crippen molar-refractivity contribution in [2.75, 3.05) is 18.4 Å². The number of piperidine rings is 1. The molecule has 4 rings (SSSR count). The molecule has 6 N–H and O–H groups in total. The molecule has 0 bridgehead atoms. The Labute approximate surface area is 127 Å². The lowest BCUT2D eigenvalue weighted by molar-refractivity contribution is 0.352. The Morgan fingerprint density at radius 1 is 1.23 bits per heavy atom.